The number of carbonyl (C=O) groups excluding carboxylic acids is 1. The zero-order chi connectivity index (χ0) is 19.5. The van der Waals surface area contributed by atoms with E-state index < -0.39 is 0 Å². The van der Waals surface area contributed by atoms with Crippen molar-refractivity contribution in [1.29, 1.82) is 0 Å². The molecule has 2 aromatic heterocycles. The molecule has 0 spiro atoms. The molecule has 0 radical (unpaired) electrons. The van der Waals surface area contributed by atoms with Gasteiger partial charge in [0, 0.05) is 37.2 Å². The molecule has 1 aliphatic rings. The average molecular weight is 417 g/mol. The van der Waals surface area contributed by atoms with Crippen molar-refractivity contribution in [3.63, 3.8) is 0 Å². The number of aromatic nitrogens is 4. The number of halogens is 2. The molecule has 7 nitrogen and oxygen atoms in total. The van der Waals surface area contributed by atoms with Gasteiger partial charge in [-0.2, -0.15) is 5.10 Å². The van der Waals surface area contributed by atoms with Crippen molar-refractivity contribution in [2.75, 3.05) is 23.3 Å². The van der Waals surface area contributed by atoms with Crippen LogP contribution in [0.1, 0.15) is 12.8 Å². The van der Waals surface area contributed by atoms with Gasteiger partial charge >= 0.3 is 0 Å². The van der Waals surface area contributed by atoms with Gasteiger partial charge in [-0.3, -0.25) is 4.79 Å². The molecule has 1 unspecified atom stereocenters. The van der Waals surface area contributed by atoms with Gasteiger partial charge in [0.15, 0.2) is 5.82 Å². The molecule has 0 bridgehead atoms. The number of piperidine rings is 1. The van der Waals surface area contributed by atoms with E-state index in [9.17, 15) is 4.79 Å². The largest absolute Gasteiger partial charge is 0.356 e. The number of nitrogens with one attached hydrogen (secondary N) is 1. The summed E-state index contributed by atoms with van der Waals surface area (Å²) in [5.41, 5.74) is 0.638. The third-order valence-electron chi connectivity index (χ3n) is 4.68. The van der Waals surface area contributed by atoms with Crippen LogP contribution in [0.25, 0.3) is 5.82 Å². The smallest absolute Gasteiger partial charge is 0.229 e. The number of hydrogen-bond acceptors (Lipinski definition) is 5. The van der Waals surface area contributed by atoms with Gasteiger partial charge in [-0.25, -0.2) is 14.6 Å². The monoisotopic (exact) mass is 416 g/mol. The SMILES string of the molecule is O=C(Nc1ccc(Cl)c(Cl)c1)C1CCCN(c2cc(-n3cccn3)ncn2)C1. The Kier molecular flexibility index (Phi) is 5.45. The maximum atomic E-state index is 12.7. The fraction of sp³-hybridized carbons (Fsp3) is 0.263. The third kappa shape index (κ3) is 4.10. The van der Waals surface area contributed by atoms with E-state index in [0.29, 0.717) is 28.1 Å². The van der Waals surface area contributed by atoms with E-state index >= 15 is 0 Å². The van der Waals surface area contributed by atoms with Crippen LogP contribution in [-0.4, -0.2) is 38.7 Å². The van der Waals surface area contributed by atoms with E-state index in [2.05, 4.69) is 25.3 Å². The lowest BCUT2D eigenvalue weighted by Crippen LogP contribution is -2.41. The van der Waals surface area contributed by atoms with Crippen molar-refractivity contribution in [1.82, 2.24) is 19.7 Å². The van der Waals surface area contributed by atoms with Gasteiger partial charge in [-0.05, 0) is 37.1 Å². The fourth-order valence-corrected chi connectivity index (χ4v) is 3.56. The molecular formula is C19H18Cl2N6O. The number of amides is 1. The Morgan fingerprint density at radius 3 is 2.79 bits per heavy atom. The second kappa shape index (κ2) is 8.16. The Morgan fingerprint density at radius 1 is 1.14 bits per heavy atom. The Labute approximate surface area is 172 Å². The van der Waals surface area contributed by atoms with Gasteiger partial charge in [0.2, 0.25) is 5.91 Å². The summed E-state index contributed by atoms with van der Waals surface area (Å²) in [5.74, 6) is 1.29. The molecule has 1 aromatic carbocycles. The number of anilines is 2. The molecule has 144 valence electrons. The van der Waals surface area contributed by atoms with Crippen molar-refractivity contribution < 1.29 is 4.79 Å². The van der Waals surface area contributed by atoms with Gasteiger partial charge in [-0.15, -0.1) is 0 Å². The highest BCUT2D eigenvalue weighted by molar-refractivity contribution is 6.42. The highest BCUT2D eigenvalue weighted by Gasteiger charge is 2.27. The predicted octanol–water partition coefficient (Wildman–Crippen LogP) is 3.82. The molecule has 28 heavy (non-hydrogen) atoms. The molecule has 4 rings (SSSR count). The molecule has 9 heteroatoms. The van der Waals surface area contributed by atoms with Crippen LogP contribution in [0.4, 0.5) is 11.5 Å². The molecule has 3 heterocycles. The zero-order valence-electron chi connectivity index (χ0n) is 14.9. The van der Waals surface area contributed by atoms with E-state index in [1.165, 1.54) is 6.33 Å². The summed E-state index contributed by atoms with van der Waals surface area (Å²) >= 11 is 12.0. The van der Waals surface area contributed by atoms with Gasteiger partial charge < -0.3 is 10.2 Å². The summed E-state index contributed by atoms with van der Waals surface area (Å²) < 4.78 is 1.68. The quantitative estimate of drug-likeness (QED) is 0.699. The lowest BCUT2D eigenvalue weighted by atomic mass is 9.97. The maximum absolute atomic E-state index is 12.7. The van der Waals surface area contributed by atoms with Gasteiger partial charge in [0.05, 0.1) is 16.0 Å². The number of nitrogens with zero attached hydrogens (tertiary/aromatic N) is 5. The Balaban J connectivity index is 1.46. The minimum Gasteiger partial charge on any atom is -0.356 e. The van der Waals surface area contributed by atoms with Crippen LogP contribution in [0.2, 0.25) is 10.0 Å². The molecule has 1 fully saturated rings. The van der Waals surface area contributed by atoms with Crippen LogP contribution >= 0.6 is 23.2 Å². The van der Waals surface area contributed by atoms with Crippen molar-refractivity contribution in [3.8, 4) is 5.82 Å². The summed E-state index contributed by atoms with van der Waals surface area (Å²) in [6.07, 6.45) is 6.77. The average Bonchev–Trinajstić information content (AvgIpc) is 3.26. The minimum atomic E-state index is -0.147. The van der Waals surface area contributed by atoms with Gasteiger partial charge in [-0.1, -0.05) is 23.2 Å². The van der Waals surface area contributed by atoms with Gasteiger partial charge in [0.25, 0.3) is 0 Å². The third-order valence-corrected chi connectivity index (χ3v) is 5.42. The first-order chi connectivity index (χ1) is 13.6. The standard InChI is InChI=1S/C19H18Cl2N6O/c20-15-5-4-14(9-16(15)21)25-19(28)13-3-1-7-26(11-13)17-10-18(23-12-22-17)27-8-2-6-24-27/h2,4-6,8-10,12-13H,1,3,7,11H2,(H,25,28). The molecule has 0 saturated carbocycles. The normalized spacial score (nSPS) is 16.8. The molecule has 1 atom stereocenters. The number of hydrogen-bond donors (Lipinski definition) is 1. The van der Waals surface area contributed by atoms with Crippen LogP contribution < -0.4 is 10.2 Å². The maximum Gasteiger partial charge on any atom is 0.229 e. The molecule has 3 aromatic rings. The van der Waals surface area contributed by atoms with Crippen LogP contribution in [-0.2, 0) is 4.79 Å². The highest BCUT2D eigenvalue weighted by atomic mass is 35.5. The topological polar surface area (TPSA) is 75.9 Å². The second-order valence-electron chi connectivity index (χ2n) is 6.59. The molecule has 1 amide bonds. The van der Waals surface area contributed by atoms with Crippen LogP contribution in [0, 0.1) is 5.92 Å². The Bertz CT molecular complexity index is 978. The number of carbonyl (C=O) groups is 1. The molecule has 1 N–H and O–H groups in total. The summed E-state index contributed by atoms with van der Waals surface area (Å²) in [4.78, 5) is 23.5. The van der Waals surface area contributed by atoms with Crippen molar-refractivity contribution in [2.24, 2.45) is 5.92 Å². The van der Waals surface area contributed by atoms with E-state index in [-0.39, 0.29) is 11.8 Å². The minimum absolute atomic E-state index is 0.0376. The van der Waals surface area contributed by atoms with E-state index in [1.807, 2.05) is 18.3 Å². The predicted molar refractivity (Wildman–Crippen MR) is 109 cm³/mol. The first kappa shape index (κ1) is 18.7. The summed E-state index contributed by atoms with van der Waals surface area (Å²) in [7, 11) is 0. The molecule has 1 aliphatic heterocycles. The van der Waals surface area contributed by atoms with Crippen LogP contribution in [0.5, 0.6) is 0 Å². The van der Waals surface area contributed by atoms with Crippen molar-refractivity contribution >= 4 is 40.6 Å². The van der Waals surface area contributed by atoms with Crippen molar-refractivity contribution in [2.45, 2.75) is 12.8 Å². The summed E-state index contributed by atoms with van der Waals surface area (Å²) in [6, 6.07) is 8.79. The highest BCUT2D eigenvalue weighted by Crippen LogP contribution is 2.27. The second-order valence-corrected chi connectivity index (χ2v) is 7.40. The Hall–Kier alpha value is -2.64. The van der Waals surface area contributed by atoms with E-state index in [4.69, 9.17) is 23.2 Å². The molecular weight excluding hydrogens is 399 g/mol. The first-order valence-corrected chi connectivity index (χ1v) is 9.68. The fourth-order valence-electron chi connectivity index (χ4n) is 3.26. The van der Waals surface area contributed by atoms with Crippen LogP contribution in [0.15, 0.2) is 49.1 Å². The van der Waals surface area contributed by atoms with Crippen molar-refractivity contribution in [3.05, 3.63) is 59.1 Å². The molecule has 0 aliphatic carbocycles. The first-order valence-electron chi connectivity index (χ1n) is 8.93. The Morgan fingerprint density at radius 2 is 2.00 bits per heavy atom. The van der Waals surface area contributed by atoms with Crippen LogP contribution in [0.3, 0.4) is 0 Å². The number of rotatable bonds is 4. The van der Waals surface area contributed by atoms with E-state index in [1.54, 1.807) is 29.1 Å². The summed E-state index contributed by atoms with van der Waals surface area (Å²) in [6.45, 7) is 1.43. The summed E-state index contributed by atoms with van der Waals surface area (Å²) in [5, 5.41) is 8.00. The van der Waals surface area contributed by atoms with E-state index in [0.717, 1.165) is 25.2 Å². The van der Waals surface area contributed by atoms with Gasteiger partial charge in [0.1, 0.15) is 12.1 Å². The number of benzene rings is 1. The molecule has 1 saturated heterocycles. The lowest BCUT2D eigenvalue weighted by molar-refractivity contribution is -0.120. The zero-order valence-corrected chi connectivity index (χ0v) is 16.4. The lowest BCUT2D eigenvalue weighted by Gasteiger charge is -2.32.